The number of para-hydroxylation sites is 1. The first-order valence-corrected chi connectivity index (χ1v) is 12.1. The van der Waals surface area contributed by atoms with Crippen molar-refractivity contribution in [3.05, 3.63) is 83.7 Å². The Hall–Kier alpha value is -4.33. The van der Waals surface area contributed by atoms with Gasteiger partial charge in [0.2, 0.25) is 5.91 Å². The van der Waals surface area contributed by atoms with Crippen LogP contribution in [0.5, 0.6) is 11.5 Å². The number of hydrogen-bond acceptors (Lipinski definition) is 4. The molecule has 184 valence electrons. The summed E-state index contributed by atoms with van der Waals surface area (Å²) in [5.74, 6) is 1.17. The molecule has 0 saturated carbocycles. The van der Waals surface area contributed by atoms with Crippen LogP contribution in [0.25, 0.3) is 16.9 Å². The number of ether oxygens (including phenoxy) is 1. The lowest BCUT2D eigenvalue weighted by Gasteiger charge is -2.31. The Morgan fingerprint density at radius 1 is 1.03 bits per heavy atom. The molecule has 4 aromatic rings. The number of nitrogens with one attached hydrogen (secondary N) is 1. The number of piperidine rings is 1. The van der Waals surface area contributed by atoms with E-state index in [1.54, 1.807) is 16.8 Å². The molecule has 3 heterocycles. The highest BCUT2D eigenvalue weighted by Gasteiger charge is 2.28. The van der Waals surface area contributed by atoms with E-state index in [9.17, 15) is 9.59 Å². The Bertz CT molecular complexity index is 1420. The summed E-state index contributed by atoms with van der Waals surface area (Å²) in [4.78, 5) is 30.1. The fourth-order valence-electron chi connectivity index (χ4n) is 4.74. The van der Waals surface area contributed by atoms with Gasteiger partial charge in [0.05, 0.1) is 11.9 Å². The van der Waals surface area contributed by atoms with Gasteiger partial charge in [-0.15, -0.1) is 0 Å². The van der Waals surface area contributed by atoms with E-state index in [1.165, 1.54) is 0 Å². The molecule has 5 rings (SSSR count). The van der Waals surface area contributed by atoms with Crippen LogP contribution in [0.3, 0.4) is 0 Å². The summed E-state index contributed by atoms with van der Waals surface area (Å²) in [5, 5.41) is 4.50. The quantitative estimate of drug-likeness (QED) is 0.381. The van der Waals surface area contributed by atoms with Crippen molar-refractivity contribution in [3.63, 3.8) is 0 Å². The molecule has 36 heavy (non-hydrogen) atoms. The number of H-pyrrole nitrogens is 1. The Morgan fingerprint density at radius 3 is 2.33 bits per heavy atom. The molecule has 0 atom stereocenters. The van der Waals surface area contributed by atoms with Crippen molar-refractivity contribution in [2.45, 2.75) is 32.6 Å². The van der Waals surface area contributed by atoms with Crippen molar-refractivity contribution in [1.29, 1.82) is 0 Å². The van der Waals surface area contributed by atoms with Crippen molar-refractivity contribution < 1.29 is 14.3 Å². The summed E-state index contributed by atoms with van der Waals surface area (Å²) < 4.78 is 7.48. The number of nitrogens with two attached hydrogens (primary N) is 1. The van der Waals surface area contributed by atoms with Crippen molar-refractivity contribution in [2.75, 3.05) is 13.1 Å². The van der Waals surface area contributed by atoms with E-state index in [2.05, 4.69) is 10.1 Å². The fourth-order valence-corrected chi connectivity index (χ4v) is 4.74. The average molecular weight is 484 g/mol. The number of benzene rings is 2. The lowest BCUT2D eigenvalue weighted by atomic mass is 9.91. The molecule has 2 aromatic carbocycles. The van der Waals surface area contributed by atoms with Gasteiger partial charge in [-0.05, 0) is 69.0 Å². The van der Waals surface area contributed by atoms with Crippen molar-refractivity contribution in [3.8, 4) is 22.8 Å². The molecule has 1 aliphatic heterocycles. The SMILES string of the molecule is CC(C)=CC(=O)N1CCC(c2cnn3c(C(N)=O)c(-c4ccc(Oc5ccccc5)cc4)[nH]c23)CC1. The molecule has 0 unspecified atom stereocenters. The molecule has 1 fully saturated rings. The van der Waals surface area contributed by atoms with Crippen molar-refractivity contribution in [1.82, 2.24) is 19.5 Å². The Morgan fingerprint density at radius 2 is 1.69 bits per heavy atom. The van der Waals surface area contributed by atoms with Crippen molar-refractivity contribution >= 4 is 17.5 Å². The third-order valence-electron chi connectivity index (χ3n) is 6.50. The molecule has 0 aliphatic carbocycles. The van der Waals surface area contributed by atoms with Crippen LogP contribution in [-0.2, 0) is 4.79 Å². The minimum Gasteiger partial charge on any atom is -0.457 e. The number of nitrogens with zero attached hydrogens (tertiary/aromatic N) is 3. The zero-order valence-electron chi connectivity index (χ0n) is 20.4. The highest BCUT2D eigenvalue weighted by Crippen LogP contribution is 2.34. The number of aromatic amines is 1. The van der Waals surface area contributed by atoms with Crippen LogP contribution in [0, 0.1) is 0 Å². The third-order valence-corrected chi connectivity index (χ3v) is 6.50. The second-order valence-electron chi connectivity index (χ2n) is 9.33. The first-order chi connectivity index (χ1) is 17.4. The smallest absolute Gasteiger partial charge is 0.269 e. The van der Waals surface area contributed by atoms with E-state index in [4.69, 9.17) is 10.5 Å². The number of hydrogen-bond donors (Lipinski definition) is 2. The zero-order valence-corrected chi connectivity index (χ0v) is 20.4. The van der Waals surface area contributed by atoms with Gasteiger partial charge in [-0.25, -0.2) is 4.52 Å². The standard InChI is InChI=1S/C28H29N5O3/c1-18(2)16-24(34)32-14-12-19(13-15-32)23-17-30-33-26(27(29)35)25(31-28(23)33)20-8-10-22(11-9-20)36-21-6-4-3-5-7-21/h3-11,16-17,19,31H,12-15H2,1-2H3,(H2,29,35). The molecule has 0 bridgehead atoms. The molecule has 3 N–H and O–H groups in total. The molecule has 0 spiro atoms. The molecule has 2 aromatic heterocycles. The lowest BCUT2D eigenvalue weighted by Crippen LogP contribution is -2.37. The molecular weight excluding hydrogens is 454 g/mol. The van der Waals surface area contributed by atoms with Gasteiger partial charge in [-0.2, -0.15) is 5.10 Å². The molecule has 2 amide bonds. The number of amides is 2. The number of likely N-dealkylation sites (tertiary alicyclic amines) is 1. The lowest BCUT2D eigenvalue weighted by molar-refractivity contribution is -0.127. The predicted octanol–water partition coefficient (Wildman–Crippen LogP) is 4.89. The van der Waals surface area contributed by atoms with Gasteiger partial charge in [-0.1, -0.05) is 23.8 Å². The summed E-state index contributed by atoms with van der Waals surface area (Å²) >= 11 is 0. The minimum atomic E-state index is -0.558. The number of carbonyl (C=O) groups is 2. The van der Waals surface area contributed by atoms with Crippen LogP contribution in [0.15, 0.2) is 72.4 Å². The summed E-state index contributed by atoms with van der Waals surface area (Å²) in [7, 11) is 0. The largest absolute Gasteiger partial charge is 0.457 e. The Labute approximate surface area is 209 Å². The maximum atomic E-state index is 12.4. The Balaban J connectivity index is 1.40. The summed E-state index contributed by atoms with van der Waals surface area (Å²) in [6.07, 6.45) is 5.15. The average Bonchev–Trinajstić information content (AvgIpc) is 3.44. The van der Waals surface area contributed by atoms with Crippen LogP contribution >= 0.6 is 0 Å². The van der Waals surface area contributed by atoms with E-state index in [-0.39, 0.29) is 11.8 Å². The second-order valence-corrected chi connectivity index (χ2v) is 9.33. The maximum Gasteiger partial charge on any atom is 0.269 e. The number of primary amides is 1. The molecule has 8 nitrogen and oxygen atoms in total. The predicted molar refractivity (Wildman–Crippen MR) is 138 cm³/mol. The monoisotopic (exact) mass is 483 g/mol. The van der Waals surface area contributed by atoms with Gasteiger partial charge in [-0.3, -0.25) is 9.59 Å². The van der Waals surface area contributed by atoms with Gasteiger partial charge < -0.3 is 20.4 Å². The number of rotatable bonds is 6. The highest BCUT2D eigenvalue weighted by atomic mass is 16.5. The van der Waals surface area contributed by atoms with E-state index < -0.39 is 5.91 Å². The van der Waals surface area contributed by atoms with Crippen molar-refractivity contribution in [2.24, 2.45) is 5.73 Å². The van der Waals surface area contributed by atoms with Crippen LogP contribution in [0.4, 0.5) is 0 Å². The van der Waals surface area contributed by atoms with Crippen LogP contribution in [0.2, 0.25) is 0 Å². The van der Waals surface area contributed by atoms with E-state index in [1.807, 2.05) is 73.3 Å². The van der Waals surface area contributed by atoms with Crippen LogP contribution in [0.1, 0.15) is 48.7 Å². The third kappa shape index (κ3) is 4.62. The minimum absolute atomic E-state index is 0.0615. The topological polar surface area (TPSA) is 106 Å². The zero-order chi connectivity index (χ0) is 25.2. The van der Waals surface area contributed by atoms with Gasteiger partial charge in [0.1, 0.15) is 17.1 Å². The number of carbonyl (C=O) groups excluding carboxylic acids is 2. The molecular formula is C28H29N5O3. The first-order valence-electron chi connectivity index (χ1n) is 12.1. The number of aromatic nitrogens is 3. The number of fused-ring (bicyclic) bond motifs is 1. The molecule has 0 radical (unpaired) electrons. The Kier molecular flexibility index (Phi) is 6.33. The number of imidazole rings is 1. The first kappa shape index (κ1) is 23.4. The molecule has 8 heteroatoms. The second kappa shape index (κ2) is 9.73. The van der Waals surface area contributed by atoms with Crippen LogP contribution in [-0.4, -0.2) is 44.4 Å². The van der Waals surface area contributed by atoms with E-state index >= 15 is 0 Å². The summed E-state index contributed by atoms with van der Waals surface area (Å²) in [6, 6.07) is 17.1. The molecule has 1 aliphatic rings. The summed E-state index contributed by atoms with van der Waals surface area (Å²) in [6.45, 7) is 5.22. The maximum absolute atomic E-state index is 12.4. The van der Waals surface area contributed by atoms with E-state index in [0.717, 1.165) is 40.9 Å². The molecule has 1 saturated heterocycles. The van der Waals surface area contributed by atoms with E-state index in [0.29, 0.717) is 30.2 Å². The number of allylic oxidation sites excluding steroid dienone is 1. The summed E-state index contributed by atoms with van der Waals surface area (Å²) in [5.41, 5.74) is 10.3. The van der Waals surface area contributed by atoms with Gasteiger partial charge in [0, 0.05) is 30.3 Å². The normalized spacial score (nSPS) is 14.1. The van der Waals surface area contributed by atoms with Gasteiger partial charge in [0.15, 0.2) is 5.69 Å². The van der Waals surface area contributed by atoms with Gasteiger partial charge in [0.25, 0.3) is 5.91 Å². The fraction of sp³-hybridized carbons (Fsp3) is 0.250. The highest BCUT2D eigenvalue weighted by molar-refractivity contribution is 5.98. The van der Waals surface area contributed by atoms with Gasteiger partial charge >= 0.3 is 0 Å². The van der Waals surface area contributed by atoms with Crippen LogP contribution < -0.4 is 10.5 Å².